The van der Waals surface area contributed by atoms with Crippen LogP contribution in [0.1, 0.15) is 26.7 Å². The molecule has 0 aromatic heterocycles. The molecule has 14 heavy (non-hydrogen) atoms. The van der Waals surface area contributed by atoms with Crippen LogP contribution in [-0.2, 0) is 4.74 Å². The highest BCUT2D eigenvalue weighted by Gasteiger charge is 2.30. The van der Waals surface area contributed by atoms with E-state index in [0.29, 0.717) is 12.1 Å². The van der Waals surface area contributed by atoms with Gasteiger partial charge in [-0.05, 0) is 19.9 Å². The minimum absolute atomic E-state index is 0.523. The van der Waals surface area contributed by atoms with Crippen LogP contribution in [0.2, 0.25) is 0 Å². The lowest BCUT2D eigenvalue weighted by molar-refractivity contribution is 0.0998. The third-order valence-electron chi connectivity index (χ3n) is 2.82. The predicted octanol–water partition coefficient (Wildman–Crippen LogP) is 1.09. The van der Waals surface area contributed by atoms with Crippen molar-refractivity contribution in [3.05, 3.63) is 0 Å². The van der Waals surface area contributed by atoms with Crippen LogP contribution in [0.5, 0.6) is 0 Å². The normalized spacial score (nSPS) is 19.3. The van der Waals surface area contributed by atoms with Gasteiger partial charge in [-0.15, -0.1) is 0 Å². The minimum Gasteiger partial charge on any atom is -0.383 e. The van der Waals surface area contributed by atoms with Crippen LogP contribution in [-0.4, -0.2) is 50.3 Å². The Morgan fingerprint density at radius 3 is 2.50 bits per heavy atom. The molecule has 1 atom stereocenters. The van der Waals surface area contributed by atoms with E-state index in [4.69, 9.17) is 4.74 Å². The summed E-state index contributed by atoms with van der Waals surface area (Å²) in [5, 5.41) is 3.47. The van der Waals surface area contributed by atoms with Gasteiger partial charge in [-0.25, -0.2) is 0 Å². The molecule has 0 spiro atoms. The third-order valence-corrected chi connectivity index (χ3v) is 2.82. The van der Waals surface area contributed by atoms with Gasteiger partial charge in [-0.3, -0.25) is 4.90 Å². The van der Waals surface area contributed by atoms with E-state index in [0.717, 1.165) is 19.2 Å². The van der Waals surface area contributed by atoms with Crippen LogP contribution < -0.4 is 5.32 Å². The maximum atomic E-state index is 5.25. The number of methoxy groups -OCH3 is 1. The Balaban J connectivity index is 2.28. The summed E-state index contributed by atoms with van der Waals surface area (Å²) in [6, 6.07) is 1.89. The third kappa shape index (κ3) is 3.95. The summed E-state index contributed by atoms with van der Waals surface area (Å²) in [7, 11) is 3.99. The first kappa shape index (κ1) is 12.0. The lowest BCUT2D eigenvalue weighted by Gasteiger charge is -2.28. The Kier molecular flexibility index (Phi) is 4.85. The molecule has 0 heterocycles. The number of rotatable bonds is 7. The molecule has 1 saturated carbocycles. The number of nitrogens with one attached hydrogen (secondary N) is 1. The van der Waals surface area contributed by atoms with Crippen LogP contribution in [0.3, 0.4) is 0 Å². The van der Waals surface area contributed by atoms with Crippen molar-refractivity contribution >= 4 is 0 Å². The summed E-state index contributed by atoms with van der Waals surface area (Å²) >= 11 is 0. The molecule has 1 unspecified atom stereocenters. The molecule has 0 aliphatic heterocycles. The number of hydrogen-bond acceptors (Lipinski definition) is 3. The summed E-state index contributed by atoms with van der Waals surface area (Å²) in [5.41, 5.74) is 0. The van der Waals surface area contributed by atoms with Crippen LogP contribution in [0, 0.1) is 0 Å². The average Bonchev–Trinajstić information content (AvgIpc) is 2.93. The van der Waals surface area contributed by atoms with Gasteiger partial charge in [0.25, 0.3) is 0 Å². The van der Waals surface area contributed by atoms with E-state index in [1.165, 1.54) is 12.8 Å². The summed E-state index contributed by atoms with van der Waals surface area (Å²) in [6.07, 6.45) is 2.72. The minimum atomic E-state index is 0.523. The Morgan fingerprint density at radius 2 is 2.07 bits per heavy atom. The fraction of sp³-hybridized carbons (Fsp3) is 1.00. The quantitative estimate of drug-likeness (QED) is 0.666. The standard InChI is InChI=1S/C11H24N2O/c1-9(2)12-7-11(8-14-4)13(3)10-5-6-10/h9-12H,5-8H2,1-4H3. The van der Waals surface area contributed by atoms with Crippen molar-refractivity contribution in [3.63, 3.8) is 0 Å². The molecule has 1 aliphatic carbocycles. The van der Waals surface area contributed by atoms with Crippen LogP contribution in [0.25, 0.3) is 0 Å². The van der Waals surface area contributed by atoms with Gasteiger partial charge < -0.3 is 10.1 Å². The van der Waals surface area contributed by atoms with E-state index < -0.39 is 0 Å². The van der Waals surface area contributed by atoms with Gasteiger partial charge in [0.15, 0.2) is 0 Å². The molecule has 0 aromatic carbocycles. The van der Waals surface area contributed by atoms with E-state index in [9.17, 15) is 0 Å². The van der Waals surface area contributed by atoms with E-state index in [2.05, 4.69) is 31.1 Å². The zero-order valence-corrected chi connectivity index (χ0v) is 9.92. The van der Waals surface area contributed by atoms with Gasteiger partial charge in [0.2, 0.25) is 0 Å². The Hall–Kier alpha value is -0.120. The van der Waals surface area contributed by atoms with E-state index >= 15 is 0 Å². The number of nitrogens with zero attached hydrogens (tertiary/aromatic N) is 1. The predicted molar refractivity (Wildman–Crippen MR) is 59.6 cm³/mol. The number of hydrogen-bond donors (Lipinski definition) is 1. The van der Waals surface area contributed by atoms with Crippen LogP contribution in [0.4, 0.5) is 0 Å². The molecule has 0 aromatic rings. The molecule has 0 bridgehead atoms. The summed E-state index contributed by atoms with van der Waals surface area (Å²) in [6.45, 7) is 6.22. The van der Waals surface area contributed by atoms with Crippen LogP contribution >= 0.6 is 0 Å². The van der Waals surface area contributed by atoms with Crippen molar-refractivity contribution in [2.24, 2.45) is 0 Å². The molecule has 0 amide bonds. The fourth-order valence-corrected chi connectivity index (χ4v) is 1.66. The lowest BCUT2D eigenvalue weighted by Crippen LogP contribution is -2.45. The number of likely N-dealkylation sites (N-methyl/N-ethyl adjacent to an activating group) is 1. The Morgan fingerprint density at radius 1 is 1.43 bits per heavy atom. The smallest absolute Gasteiger partial charge is 0.0630 e. The SMILES string of the molecule is COCC(CNC(C)C)N(C)C1CC1. The second kappa shape index (κ2) is 5.69. The van der Waals surface area contributed by atoms with Crippen molar-refractivity contribution in [1.29, 1.82) is 0 Å². The van der Waals surface area contributed by atoms with E-state index in [1.54, 1.807) is 7.11 Å². The first-order valence-electron chi connectivity index (χ1n) is 5.59. The van der Waals surface area contributed by atoms with Crippen molar-refractivity contribution in [2.75, 3.05) is 27.3 Å². The van der Waals surface area contributed by atoms with Crippen molar-refractivity contribution in [2.45, 2.75) is 44.8 Å². The Bertz CT molecular complexity index is 157. The highest BCUT2D eigenvalue weighted by molar-refractivity contribution is 4.87. The number of ether oxygens (including phenoxy) is 1. The molecular formula is C11H24N2O. The van der Waals surface area contributed by atoms with Gasteiger partial charge in [0.05, 0.1) is 6.61 Å². The van der Waals surface area contributed by atoms with Crippen molar-refractivity contribution < 1.29 is 4.74 Å². The second-order valence-electron chi connectivity index (χ2n) is 4.57. The largest absolute Gasteiger partial charge is 0.383 e. The molecule has 3 heteroatoms. The molecule has 0 radical (unpaired) electrons. The van der Waals surface area contributed by atoms with Gasteiger partial charge in [-0.2, -0.15) is 0 Å². The lowest BCUT2D eigenvalue weighted by atomic mass is 10.2. The highest BCUT2D eigenvalue weighted by atomic mass is 16.5. The van der Waals surface area contributed by atoms with E-state index in [-0.39, 0.29) is 0 Å². The van der Waals surface area contributed by atoms with Gasteiger partial charge in [0.1, 0.15) is 0 Å². The molecule has 84 valence electrons. The zero-order chi connectivity index (χ0) is 10.6. The second-order valence-corrected chi connectivity index (χ2v) is 4.57. The summed E-state index contributed by atoms with van der Waals surface area (Å²) < 4.78 is 5.25. The van der Waals surface area contributed by atoms with Crippen molar-refractivity contribution in [3.8, 4) is 0 Å². The maximum absolute atomic E-state index is 5.25. The molecule has 3 nitrogen and oxygen atoms in total. The molecule has 1 rings (SSSR count). The molecule has 1 N–H and O–H groups in total. The monoisotopic (exact) mass is 200 g/mol. The summed E-state index contributed by atoms with van der Waals surface area (Å²) in [5.74, 6) is 0. The topological polar surface area (TPSA) is 24.5 Å². The maximum Gasteiger partial charge on any atom is 0.0630 e. The van der Waals surface area contributed by atoms with Gasteiger partial charge in [0, 0.05) is 31.8 Å². The molecular weight excluding hydrogens is 176 g/mol. The Labute approximate surface area is 87.8 Å². The highest BCUT2D eigenvalue weighted by Crippen LogP contribution is 2.26. The summed E-state index contributed by atoms with van der Waals surface area (Å²) in [4.78, 5) is 2.46. The molecule has 1 aliphatic rings. The first-order valence-corrected chi connectivity index (χ1v) is 5.59. The molecule has 1 fully saturated rings. The average molecular weight is 200 g/mol. The van der Waals surface area contributed by atoms with Crippen molar-refractivity contribution in [1.82, 2.24) is 10.2 Å². The van der Waals surface area contributed by atoms with E-state index in [1.807, 2.05) is 0 Å². The van der Waals surface area contributed by atoms with Crippen LogP contribution in [0.15, 0.2) is 0 Å². The van der Waals surface area contributed by atoms with Gasteiger partial charge in [-0.1, -0.05) is 13.8 Å². The fourth-order valence-electron chi connectivity index (χ4n) is 1.66. The van der Waals surface area contributed by atoms with Gasteiger partial charge >= 0.3 is 0 Å². The zero-order valence-electron chi connectivity index (χ0n) is 9.92. The first-order chi connectivity index (χ1) is 6.65. The molecule has 0 saturated heterocycles.